The number of benzene rings is 4. The molecular weight excluding hydrogens is 406 g/mol. The number of nitroso groups, excluding NO2 is 1. The highest BCUT2D eigenvalue weighted by Gasteiger charge is 2.18. The molecular formula is C26H21NOS2. The minimum Gasteiger partial charge on any atom is -0.150 e. The first kappa shape index (κ1) is 20.5. The summed E-state index contributed by atoms with van der Waals surface area (Å²) < 4.78 is 0. The summed E-state index contributed by atoms with van der Waals surface area (Å²) in [5, 5.41) is 3.44. The maximum Gasteiger partial charge on any atom is 0.143 e. The predicted molar refractivity (Wildman–Crippen MR) is 128 cm³/mol. The minimum atomic E-state index is -0.505. The largest absolute Gasteiger partial charge is 0.150 e. The Morgan fingerprint density at radius 3 is 1.93 bits per heavy atom. The Balaban J connectivity index is 1.56. The molecule has 0 aliphatic carbocycles. The Hall–Kier alpha value is -2.82. The summed E-state index contributed by atoms with van der Waals surface area (Å²) in [5.41, 5.74) is 4.45. The van der Waals surface area contributed by atoms with Crippen molar-refractivity contribution < 1.29 is 0 Å². The fourth-order valence-corrected chi connectivity index (χ4v) is 5.80. The zero-order valence-electron chi connectivity index (χ0n) is 16.3. The molecule has 0 spiro atoms. The van der Waals surface area contributed by atoms with E-state index in [4.69, 9.17) is 0 Å². The second-order valence-corrected chi connectivity index (χ2v) is 9.11. The molecule has 1 unspecified atom stereocenters. The standard InChI is InChI=1S/C26H21NOS2/c28-27-26(21-13-5-2-6-14-21)23-16-8-10-18-25(23)30-29-24-17-9-7-15-22(24)19-20-11-3-1-4-12-20/h1-18,26H,19H2. The van der Waals surface area contributed by atoms with Crippen molar-refractivity contribution in [2.45, 2.75) is 22.3 Å². The molecule has 148 valence electrons. The summed E-state index contributed by atoms with van der Waals surface area (Å²) in [7, 11) is 3.41. The molecule has 0 amide bonds. The van der Waals surface area contributed by atoms with Crippen LogP contribution in [0, 0.1) is 4.91 Å². The van der Waals surface area contributed by atoms with Gasteiger partial charge in [-0.1, -0.05) is 124 Å². The summed E-state index contributed by atoms with van der Waals surface area (Å²) in [5.74, 6) is 0. The summed E-state index contributed by atoms with van der Waals surface area (Å²) in [6.45, 7) is 0. The zero-order chi connectivity index (χ0) is 20.6. The second kappa shape index (κ2) is 10.3. The molecule has 4 heteroatoms. The number of nitrogens with zero attached hydrogens (tertiary/aromatic N) is 1. The first-order valence-electron chi connectivity index (χ1n) is 9.78. The van der Waals surface area contributed by atoms with Crippen LogP contribution in [-0.2, 0) is 6.42 Å². The smallest absolute Gasteiger partial charge is 0.143 e. The highest BCUT2D eigenvalue weighted by molar-refractivity contribution is 8.76. The molecule has 0 aliphatic rings. The lowest BCUT2D eigenvalue weighted by atomic mass is 10.00. The highest BCUT2D eigenvalue weighted by atomic mass is 33.1. The van der Waals surface area contributed by atoms with Gasteiger partial charge in [-0.25, -0.2) is 0 Å². The van der Waals surface area contributed by atoms with Crippen molar-refractivity contribution in [1.29, 1.82) is 0 Å². The first-order valence-corrected chi connectivity index (χ1v) is 11.9. The quantitative estimate of drug-likeness (QED) is 0.211. The van der Waals surface area contributed by atoms with Crippen molar-refractivity contribution in [1.82, 2.24) is 0 Å². The van der Waals surface area contributed by atoms with Crippen LogP contribution in [0.1, 0.15) is 28.3 Å². The summed E-state index contributed by atoms with van der Waals surface area (Å²) in [6.07, 6.45) is 0.898. The van der Waals surface area contributed by atoms with E-state index in [0.717, 1.165) is 22.4 Å². The average Bonchev–Trinajstić information content (AvgIpc) is 2.81. The van der Waals surface area contributed by atoms with Crippen LogP contribution in [0.25, 0.3) is 0 Å². The maximum absolute atomic E-state index is 11.7. The third-order valence-electron chi connectivity index (χ3n) is 4.87. The molecule has 4 aromatic carbocycles. The van der Waals surface area contributed by atoms with Crippen LogP contribution in [0.5, 0.6) is 0 Å². The zero-order valence-corrected chi connectivity index (χ0v) is 18.0. The van der Waals surface area contributed by atoms with Crippen LogP contribution in [-0.4, -0.2) is 0 Å². The summed E-state index contributed by atoms with van der Waals surface area (Å²) in [4.78, 5) is 14.0. The molecule has 0 saturated heterocycles. The molecule has 30 heavy (non-hydrogen) atoms. The van der Waals surface area contributed by atoms with Gasteiger partial charge in [0, 0.05) is 9.79 Å². The number of hydrogen-bond donors (Lipinski definition) is 0. The topological polar surface area (TPSA) is 29.4 Å². The Morgan fingerprint density at radius 2 is 1.20 bits per heavy atom. The van der Waals surface area contributed by atoms with E-state index < -0.39 is 6.04 Å². The van der Waals surface area contributed by atoms with Crippen molar-refractivity contribution in [2.24, 2.45) is 5.18 Å². The second-order valence-electron chi connectivity index (χ2n) is 6.89. The van der Waals surface area contributed by atoms with E-state index in [0.29, 0.717) is 0 Å². The van der Waals surface area contributed by atoms with E-state index in [9.17, 15) is 4.91 Å². The van der Waals surface area contributed by atoms with Gasteiger partial charge in [-0.3, -0.25) is 0 Å². The van der Waals surface area contributed by atoms with Crippen molar-refractivity contribution in [2.75, 3.05) is 0 Å². The fourth-order valence-electron chi connectivity index (χ4n) is 3.35. The molecule has 0 N–H and O–H groups in total. The van der Waals surface area contributed by atoms with E-state index in [2.05, 4.69) is 59.8 Å². The molecule has 2 nitrogen and oxygen atoms in total. The van der Waals surface area contributed by atoms with E-state index in [1.165, 1.54) is 16.0 Å². The molecule has 1 atom stereocenters. The van der Waals surface area contributed by atoms with E-state index >= 15 is 0 Å². The van der Waals surface area contributed by atoms with Gasteiger partial charge in [-0.2, -0.15) is 0 Å². The van der Waals surface area contributed by atoms with Crippen LogP contribution in [0.15, 0.2) is 124 Å². The monoisotopic (exact) mass is 427 g/mol. The minimum absolute atomic E-state index is 0.505. The molecule has 4 aromatic rings. The lowest BCUT2D eigenvalue weighted by Crippen LogP contribution is -1.98. The van der Waals surface area contributed by atoms with Gasteiger partial charge < -0.3 is 0 Å². The molecule has 0 heterocycles. The summed E-state index contributed by atoms with van der Waals surface area (Å²) >= 11 is 0. The van der Waals surface area contributed by atoms with Gasteiger partial charge in [0.05, 0.1) is 0 Å². The van der Waals surface area contributed by atoms with Crippen LogP contribution in [0.3, 0.4) is 0 Å². The molecule has 0 aromatic heterocycles. The Labute approximate surface area is 185 Å². The maximum atomic E-state index is 11.7. The van der Waals surface area contributed by atoms with Crippen LogP contribution in [0.4, 0.5) is 0 Å². The Morgan fingerprint density at radius 1 is 0.633 bits per heavy atom. The third kappa shape index (κ3) is 5.02. The van der Waals surface area contributed by atoms with Crippen LogP contribution in [0.2, 0.25) is 0 Å². The Bertz CT molecular complexity index is 1100. The molecule has 0 radical (unpaired) electrons. The Kier molecular flexibility index (Phi) is 7.01. The summed E-state index contributed by atoms with van der Waals surface area (Å²) in [6, 6.07) is 36.3. The number of hydrogen-bond acceptors (Lipinski definition) is 4. The van der Waals surface area contributed by atoms with E-state index in [1.807, 2.05) is 54.6 Å². The van der Waals surface area contributed by atoms with Gasteiger partial charge in [-0.15, -0.1) is 4.91 Å². The van der Waals surface area contributed by atoms with Gasteiger partial charge in [0.25, 0.3) is 0 Å². The lowest BCUT2D eigenvalue weighted by molar-refractivity contribution is 0.841. The van der Waals surface area contributed by atoms with Gasteiger partial charge >= 0.3 is 0 Å². The van der Waals surface area contributed by atoms with Gasteiger partial charge in [-0.05, 0) is 40.8 Å². The molecule has 0 fully saturated rings. The third-order valence-corrected chi connectivity index (χ3v) is 7.41. The van der Waals surface area contributed by atoms with Crippen molar-refractivity contribution in [3.05, 3.63) is 136 Å². The average molecular weight is 428 g/mol. The first-order chi connectivity index (χ1) is 14.8. The van der Waals surface area contributed by atoms with Crippen LogP contribution >= 0.6 is 21.6 Å². The molecule has 0 bridgehead atoms. The normalized spacial score (nSPS) is 11.7. The molecule has 4 rings (SSSR count). The van der Waals surface area contributed by atoms with Gasteiger partial charge in [0.15, 0.2) is 0 Å². The predicted octanol–water partition coefficient (Wildman–Crippen LogP) is 7.93. The van der Waals surface area contributed by atoms with E-state index in [1.54, 1.807) is 21.6 Å². The highest BCUT2D eigenvalue weighted by Crippen LogP contribution is 2.43. The van der Waals surface area contributed by atoms with Crippen molar-refractivity contribution >= 4 is 21.6 Å². The number of rotatable bonds is 8. The molecule has 0 saturated carbocycles. The van der Waals surface area contributed by atoms with Gasteiger partial charge in [0.1, 0.15) is 6.04 Å². The molecule has 0 aliphatic heterocycles. The van der Waals surface area contributed by atoms with Crippen LogP contribution < -0.4 is 0 Å². The lowest BCUT2D eigenvalue weighted by Gasteiger charge is -2.15. The van der Waals surface area contributed by atoms with Gasteiger partial charge in [0.2, 0.25) is 0 Å². The van der Waals surface area contributed by atoms with Crippen molar-refractivity contribution in [3.8, 4) is 0 Å². The van der Waals surface area contributed by atoms with Crippen molar-refractivity contribution in [3.63, 3.8) is 0 Å². The fraction of sp³-hybridized carbons (Fsp3) is 0.0769. The van der Waals surface area contributed by atoms with E-state index in [-0.39, 0.29) is 0 Å². The SMILES string of the molecule is O=NC(c1ccccc1)c1ccccc1SSc1ccccc1Cc1ccccc1.